The Kier molecular flexibility index (Phi) is 5.03. The van der Waals surface area contributed by atoms with Gasteiger partial charge in [0.2, 0.25) is 12.3 Å². The zero-order chi connectivity index (χ0) is 19.4. The van der Waals surface area contributed by atoms with Crippen molar-refractivity contribution in [1.82, 2.24) is 20.2 Å². The lowest BCUT2D eigenvalue weighted by atomic mass is 9.92. The number of hydrogen-bond acceptors (Lipinski definition) is 6. The Labute approximate surface area is 161 Å². The number of halogens is 1. The van der Waals surface area contributed by atoms with Gasteiger partial charge in [-0.3, -0.25) is 9.78 Å². The summed E-state index contributed by atoms with van der Waals surface area (Å²) in [7, 11) is 0. The lowest BCUT2D eigenvalue weighted by Gasteiger charge is -2.43. The molecule has 0 radical (unpaired) electrons. The van der Waals surface area contributed by atoms with Crippen molar-refractivity contribution in [3.05, 3.63) is 66.6 Å². The summed E-state index contributed by atoms with van der Waals surface area (Å²) < 4.78 is 24.8. The van der Waals surface area contributed by atoms with Crippen LogP contribution in [0.25, 0.3) is 11.5 Å². The topological polar surface area (TPSA) is 80.5 Å². The van der Waals surface area contributed by atoms with Gasteiger partial charge in [0.1, 0.15) is 35.7 Å². The number of carbonyl (C=O) groups is 1. The maximum atomic E-state index is 13.2. The quantitative estimate of drug-likeness (QED) is 0.659. The fraction of sp³-hybridized carbons (Fsp3) is 0.250. The van der Waals surface area contributed by atoms with Gasteiger partial charge >= 0.3 is 0 Å². The molecule has 1 fully saturated rings. The minimum atomic E-state index is -0.836. The van der Waals surface area contributed by atoms with E-state index in [1.807, 2.05) is 0 Å². The van der Waals surface area contributed by atoms with E-state index < -0.39 is 5.54 Å². The van der Waals surface area contributed by atoms with Gasteiger partial charge in [-0.05, 0) is 36.4 Å². The molecule has 144 valence electrons. The summed E-state index contributed by atoms with van der Waals surface area (Å²) in [6.45, 7) is 1.83. The molecule has 8 heteroatoms. The maximum absolute atomic E-state index is 13.2. The van der Waals surface area contributed by atoms with Gasteiger partial charge in [-0.1, -0.05) is 0 Å². The standard InChI is InChI=1S/C20H19FN4O3/c21-16-5-3-15(4-6-16)19-24-18(11-27-19)20(12-23-8-9-25(20)14-26)13-28-17-2-1-7-22-10-17/h1-7,10-11,14,23H,8-9,12-13H2. The molecule has 1 N–H and O–H groups in total. The van der Waals surface area contributed by atoms with Crippen LogP contribution >= 0.6 is 0 Å². The van der Waals surface area contributed by atoms with Crippen molar-refractivity contribution >= 4 is 6.41 Å². The largest absolute Gasteiger partial charge is 0.489 e. The maximum Gasteiger partial charge on any atom is 0.226 e. The molecule has 1 aliphatic rings. The van der Waals surface area contributed by atoms with Gasteiger partial charge in [-0.15, -0.1) is 0 Å². The molecule has 28 heavy (non-hydrogen) atoms. The van der Waals surface area contributed by atoms with Crippen LogP contribution in [0.2, 0.25) is 0 Å². The molecule has 1 aromatic carbocycles. The van der Waals surface area contributed by atoms with Crippen molar-refractivity contribution in [2.24, 2.45) is 0 Å². The van der Waals surface area contributed by atoms with E-state index in [0.29, 0.717) is 42.5 Å². The number of rotatable bonds is 6. The number of piperazine rings is 1. The third kappa shape index (κ3) is 3.46. The third-order valence-electron chi connectivity index (χ3n) is 4.81. The Morgan fingerprint density at radius 1 is 1.32 bits per heavy atom. The molecule has 4 rings (SSSR count). The lowest BCUT2D eigenvalue weighted by molar-refractivity contribution is -0.127. The van der Waals surface area contributed by atoms with Crippen molar-refractivity contribution in [1.29, 1.82) is 0 Å². The Balaban J connectivity index is 1.67. The van der Waals surface area contributed by atoms with E-state index in [9.17, 15) is 9.18 Å². The number of oxazole rings is 1. The molecular formula is C20H19FN4O3. The molecule has 3 aromatic rings. The number of pyridine rings is 1. The molecule has 2 aromatic heterocycles. The summed E-state index contributed by atoms with van der Waals surface area (Å²) in [5.41, 5.74) is 0.380. The Bertz CT molecular complexity index is 932. The monoisotopic (exact) mass is 382 g/mol. The molecule has 0 spiro atoms. The molecule has 1 unspecified atom stereocenters. The van der Waals surface area contributed by atoms with Crippen LogP contribution in [0, 0.1) is 5.82 Å². The summed E-state index contributed by atoms with van der Waals surface area (Å²) in [5.74, 6) is 0.619. The van der Waals surface area contributed by atoms with Crippen LogP contribution in [-0.2, 0) is 10.3 Å². The second-order valence-corrected chi connectivity index (χ2v) is 6.53. The van der Waals surface area contributed by atoms with Crippen molar-refractivity contribution in [3.8, 4) is 17.2 Å². The molecule has 1 amide bonds. The van der Waals surface area contributed by atoms with Crippen LogP contribution in [0.5, 0.6) is 5.75 Å². The fourth-order valence-corrected chi connectivity index (χ4v) is 3.26. The predicted molar refractivity (Wildman–Crippen MR) is 98.9 cm³/mol. The summed E-state index contributed by atoms with van der Waals surface area (Å²) in [6.07, 6.45) is 5.60. The molecule has 0 aliphatic carbocycles. The second kappa shape index (κ2) is 7.77. The number of carbonyl (C=O) groups excluding carboxylic acids is 1. The van der Waals surface area contributed by atoms with Crippen LogP contribution in [0.15, 0.2) is 59.5 Å². The SMILES string of the molecule is O=CN1CCNCC1(COc1cccnc1)c1coc(-c2ccc(F)cc2)n1. The lowest BCUT2D eigenvalue weighted by Crippen LogP contribution is -2.61. The predicted octanol–water partition coefficient (Wildman–Crippen LogP) is 2.21. The number of amides is 1. The molecule has 0 bridgehead atoms. The number of nitrogens with zero attached hydrogens (tertiary/aromatic N) is 3. The van der Waals surface area contributed by atoms with Crippen molar-refractivity contribution < 1.29 is 18.3 Å². The molecule has 1 atom stereocenters. The number of ether oxygens (including phenoxy) is 1. The summed E-state index contributed by atoms with van der Waals surface area (Å²) in [6, 6.07) is 9.47. The molecular weight excluding hydrogens is 363 g/mol. The van der Waals surface area contributed by atoms with Gasteiger partial charge in [0.15, 0.2) is 0 Å². The summed E-state index contributed by atoms with van der Waals surface area (Å²) >= 11 is 0. The number of aromatic nitrogens is 2. The van der Waals surface area contributed by atoms with Crippen LogP contribution in [-0.4, -0.2) is 47.5 Å². The Hall–Kier alpha value is -3.26. The van der Waals surface area contributed by atoms with Gasteiger partial charge in [0, 0.05) is 31.4 Å². The van der Waals surface area contributed by atoms with Crippen LogP contribution in [0.1, 0.15) is 5.69 Å². The smallest absolute Gasteiger partial charge is 0.226 e. The highest BCUT2D eigenvalue weighted by Crippen LogP contribution is 2.32. The minimum absolute atomic E-state index is 0.180. The first-order valence-corrected chi connectivity index (χ1v) is 8.89. The third-order valence-corrected chi connectivity index (χ3v) is 4.81. The zero-order valence-corrected chi connectivity index (χ0v) is 15.0. The molecule has 1 aliphatic heterocycles. The highest BCUT2D eigenvalue weighted by atomic mass is 19.1. The first-order valence-electron chi connectivity index (χ1n) is 8.89. The average Bonchev–Trinajstić information content (AvgIpc) is 3.24. The first-order chi connectivity index (χ1) is 13.7. The number of nitrogens with one attached hydrogen (secondary N) is 1. The van der Waals surface area contributed by atoms with Gasteiger partial charge in [-0.2, -0.15) is 0 Å². The van der Waals surface area contributed by atoms with Gasteiger partial charge in [0.25, 0.3) is 0 Å². The normalized spacial score (nSPS) is 19.4. The minimum Gasteiger partial charge on any atom is -0.489 e. The van der Waals surface area contributed by atoms with Crippen molar-refractivity contribution in [2.45, 2.75) is 5.54 Å². The highest BCUT2D eigenvalue weighted by molar-refractivity contribution is 5.54. The van der Waals surface area contributed by atoms with E-state index >= 15 is 0 Å². The molecule has 0 saturated carbocycles. The van der Waals surface area contributed by atoms with Gasteiger partial charge in [-0.25, -0.2) is 9.37 Å². The van der Waals surface area contributed by atoms with E-state index in [0.717, 1.165) is 6.41 Å². The van der Waals surface area contributed by atoms with E-state index in [2.05, 4.69) is 15.3 Å². The number of hydrogen-bond donors (Lipinski definition) is 1. The van der Waals surface area contributed by atoms with E-state index in [4.69, 9.17) is 9.15 Å². The van der Waals surface area contributed by atoms with Crippen molar-refractivity contribution in [2.75, 3.05) is 26.2 Å². The first kappa shape index (κ1) is 18.1. The Morgan fingerprint density at radius 2 is 2.18 bits per heavy atom. The van der Waals surface area contributed by atoms with Crippen LogP contribution < -0.4 is 10.1 Å². The van der Waals surface area contributed by atoms with E-state index in [-0.39, 0.29) is 12.4 Å². The Morgan fingerprint density at radius 3 is 2.93 bits per heavy atom. The van der Waals surface area contributed by atoms with Gasteiger partial charge < -0.3 is 19.4 Å². The molecule has 7 nitrogen and oxygen atoms in total. The summed E-state index contributed by atoms with van der Waals surface area (Å²) in [4.78, 5) is 22.1. The zero-order valence-electron chi connectivity index (χ0n) is 15.0. The second-order valence-electron chi connectivity index (χ2n) is 6.53. The molecule has 1 saturated heterocycles. The summed E-state index contributed by atoms with van der Waals surface area (Å²) in [5, 5.41) is 3.30. The average molecular weight is 382 g/mol. The van der Waals surface area contributed by atoms with Gasteiger partial charge in [0.05, 0.1) is 6.20 Å². The fourth-order valence-electron chi connectivity index (χ4n) is 3.26. The van der Waals surface area contributed by atoms with E-state index in [1.165, 1.54) is 18.4 Å². The highest BCUT2D eigenvalue weighted by Gasteiger charge is 2.44. The van der Waals surface area contributed by atoms with E-state index in [1.54, 1.807) is 41.6 Å². The van der Waals surface area contributed by atoms with Crippen LogP contribution in [0.3, 0.4) is 0 Å². The number of benzene rings is 1. The van der Waals surface area contributed by atoms with Crippen LogP contribution in [0.4, 0.5) is 4.39 Å². The van der Waals surface area contributed by atoms with Crippen molar-refractivity contribution in [3.63, 3.8) is 0 Å². The molecule has 3 heterocycles.